The Labute approximate surface area is 222 Å². The SMILES string of the molecule is COc1cc(CNC(=O)c2nc3ccc(F)c(OCCC4CCC(NS(C)(=O)=O)CO4)c3c(=O)[nH]2)ccc1F. The third-order valence-corrected chi connectivity index (χ3v) is 6.86. The number of nitrogens with zero attached hydrogens (tertiary/aromatic N) is 1. The Morgan fingerprint density at radius 3 is 2.67 bits per heavy atom. The van der Waals surface area contributed by atoms with E-state index in [1.807, 2.05) is 0 Å². The lowest BCUT2D eigenvalue weighted by Gasteiger charge is -2.29. The Balaban J connectivity index is 1.40. The number of hydrogen-bond acceptors (Lipinski definition) is 8. The number of methoxy groups -OCH3 is 1. The van der Waals surface area contributed by atoms with Crippen molar-refractivity contribution in [2.24, 2.45) is 0 Å². The molecule has 1 aromatic heterocycles. The van der Waals surface area contributed by atoms with Gasteiger partial charge in [0, 0.05) is 19.0 Å². The van der Waals surface area contributed by atoms with Crippen LogP contribution in [0.25, 0.3) is 10.9 Å². The Morgan fingerprint density at radius 1 is 1.21 bits per heavy atom. The van der Waals surface area contributed by atoms with Crippen molar-refractivity contribution in [1.29, 1.82) is 0 Å². The molecular formula is C25H28F2N4O7S. The lowest BCUT2D eigenvalue weighted by atomic mass is 10.0. The van der Waals surface area contributed by atoms with E-state index in [0.29, 0.717) is 24.8 Å². The average molecular weight is 567 g/mol. The lowest BCUT2D eigenvalue weighted by Crippen LogP contribution is -2.42. The van der Waals surface area contributed by atoms with Crippen LogP contribution in [0.3, 0.4) is 0 Å². The molecular weight excluding hydrogens is 538 g/mol. The molecule has 0 spiro atoms. The van der Waals surface area contributed by atoms with Gasteiger partial charge in [-0.25, -0.2) is 26.9 Å². The molecule has 39 heavy (non-hydrogen) atoms. The van der Waals surface area contributed by atoms with Crippen LogP contribution in [-0.4, -0.2) is 63.0 Å². The van der Waals surface area contributed by atoms with E-state index in [4.69, 9.17) is 14.2 Å². The maximum atomic E-state index is 14.6. The summed E-state index contributed by atoms with van der Waals surface area (Å²) in [5.41, 5.74) is -0.134. The predicted molar refractivity (Wildman–Crippen MR) is 137 cm³/mol. The summed E-state index contributed by atoms with van der Waals surface area (Å²) in [5, 5.41) is 2.44. The fourth-order valence-corrected chi connectivity index (χ4v) is 5.02. The predicted octanol–water partition coefficient (Wildman–Crippen LogP) is 2.01. The molecule has 0 aliphatic carbocycles. The number of nitrogens with one attached hydrogen (secondary N) is 3. The Hall–Kier alpha value is -3.62. The first-order valence-corrected chi connectivity index (χ1v) is 14.0. The Morgan fingerprint density at radius 2 is 1.97 bits per heavy atom. The van der Waals surface area contributed by atoms with Crippen LogP contribution in [0.4, 0.5) is 8.78 Å². The minimum Gasteiger partial charge on any atom is -0.494 e. The topological polar surface area (TPSA) is 149 Å². The maximum Gasteiger partial charge on any atom is 0.287 e. The van der Waals surface area contributed by atoms with Crippen molar-refractivity contribution in [3.63, 3.8) is 0 Å². The number of benzene rings is 2. The van der Waals surface area contributed by atoms with Crippen molar-refractivity contribution >= 4 is 26.8 Å². The second-order valence-corrected chi connectivity index (χ2v) is 10.9. The van der Waals surface area contributed by atoms with Crippen LogP contribution in [0.2, 0.25) is 0 Å². The zero-order valence-electron chi connectivity index (χ0n) is 21.3. The van der Waals surface area contributed by atoms with Crippen molar-refractivity contribution in [1.82, 2.24) is 20.0 Å². The number of ether oxygens (including phenoxy) is 3. The summed E-state index contributed by atoms with van der Waals surface area (Å²) < 4.78 is 69.7. The highest BCUT2D eigenvalue weighted by Gasteiger charge is 2.24. The van der Waals surface area contributed by atoms with Gasteiger partial charge >= 0.3 is 0 Å². The normalized spacial score (nSPS) is 17.6. The summed E-state index contributed by atoms with van der Waals surface area (Å²) in [4.78, 5) is 32.0. The smallest absolute Gasteiger partial charge is 0.287 e. The standard InChI is InChI=1S/C25H28F2N4O7S/c1-36-20-11-14(3-6-17(20)26)12-28-25(33)23-29-19-8-7-18(27)22(21(19)24(32)30-23)37-10-9-16-5-4-15(13-38-16)31-39(2,34)35/h3,6-8,11,15-16,31H,4-5,9-10,12-13H2,1-2H3,(H,28,33)(H,29,30,32). The van der Waals surface area contributed by atoms with Crippen molar-refractivity contribution in [2.75, 3.05) is 26.6 Å². The molecule has 0 bridgehead atoms. The summed E-state index contributed by atoms with van der Waals surface area (Å²) >= 11 is 0. The van der Waals surface area contributed by atoms with Gasteiger partial charge in [-0.2, -0.15) is 0 Å². The van der Waals surface area contributed by atoms with E-state index >= 15 is 0 Å². The third kappa shape index (κ3) is 7.28. The van der Waals surface area contributed by atoms with Gasteiger partial charge in [0.1, 0.15) is 5.39 Å². The molecule has 2 unspecified atom stereocenters. The van der Waals surface area contributed by atoms with Gasteiger partial charge in [-0.3, -0.25) is 9.59 Å². The van der Waals surface area contributed by atoms with Gasteiger partial charge in [-0.1, -0.05) is 6.07 Å². The van der Waals surface area contributed by atoms with Crippen molar-refractivity contribution < 1.29 is 36.2 Å². The minimum absolute atomic E-state index is 0.0172. The molecule has 1 aliphatic rings. The van der Waals surface area contributed by atoms with Crippen molar-refractivity contribution in [3.8, 4) is 11.5 Å². The summed E-state index contributed by atoms with van der Waals surface area (Å²) in [6.45, 7) is 0.264. The maximum absolute atomic E-state index is 14.6. The molecule has 210 valence electrons. The molecule has 1 amide bonds. The average Bonchev–Trinajstić information content (AvgIpc) is 2.89. The third-order valence-electron chi connectivity index (χ3n) is 6.10. The first kappa shape index (κ1) is 28.4. The second-order valence-electron chi connectivity index (χ2n) is 9.09. The van der Waals surface area contributed by atoms with E-state index in [-0.39, 0.29) is 60.1 Å². The molecule has 3 N–H and O–H groups in total. The molecule has 0 saturated carbocycles. The van der Waals surface area contributed by atoms with Crippen LogP contribution in [0.15, 0.2) is 35.1 Å². The number of aromatic nitrogens is 2. The number of rotatable bonds is 10. The van der Waals surface area contributed by atoms with Gasteiger partial charge in [0.2, 0.25) is 10.0 Å². The summed E-state index contributed by atoms with van der Waals surface area (Å²) in [6.07, 6.45) is 2.43. The van der Waals surface area contributed by atoms with Gasteiger partial charge in [0.15, 0.2) is 29.0 Å². The molecule has 1 saturated heterocycles. The first-order chi connectivity index (χ1) is 18.5. The zero-order chi connectivity index (χ0) is 28.2. The summed E-state index contributed by atoms with van der Waals surface area (Å²) in [7, 11) is -2.00. The van der Waals surface area contributed by atoms with E-state index in [1.165, 1.54) is 31.4 Å². The summed E-state index contributed by atoms with van der Waals surface area (Å²) in [5.74, 6) is -2.55. The fraction of sp³-hybridized carbons (Fsp3) is 0.400. The van der Waals surface area contributed by atoms with Crippen LogP contribution in [0.5, 0.6) is 11.5 Å². The number of carbonyl (C=O) groups is 1. The van der Waals surface area contributed by atoms with E-state index in [9.17, 15) is 26.8 Å². The van der Waals surface area contributed by atoms with Crippen LogP contribution in [0.1, 0.15) is 35.4 Å². The number of aromatic amines is 1. The molecule has 0 radical (unpaired) electrons. The van der Waals surface area contributed by atoms with Gasteiger partial charge in [-0.15, -0.1) is 0 Å². The Bertz CT molecular complexity index is 1520. The molecule has 2 atom stereocenters. The van der Waals surface area contributed by atoms with E-state index in [1.54, 1.807) is 0 Å². The Kier molecular flexibility index (Phi) is 8.77. The quantitative estimate of drug-likeness (QED) is 0.338. The van der Waals surface area contributed by atoms with Gasteiger partial charge in [0.05, 0.1) is 38.2 Å². The minimum atomic E-state index is -3.33. The van der Waals surface area contributed by atoms with Crippen LogP contribution < -0.4 is 25.1 Å². The van der Waals surface area contributed by atoms with Crippen LogP contribution in [-0.2, 0) is 21.3 Å². The number of halogens is 2. The van der Waals surface area contributed by atoms with Gasteiger partial charge in [0.25, 0.3) is 11.5 Å². The number of amides is 1. The molecule has 4 rings (SSSR count). The molecule has 1 fully saturated rings. The van der Waals surface area contributed by atoms with E-state index < -0.39 is 33.1 Å². The molecule has 14 heteroatoms. The second kappa shape index (κ2) is 12.1. The van der Waals surface area contributed by atoms with Crippen molar-refractivity contribution in [3.05, 3.63) is 63.7 Å². The highest BCUT2D eigenvalue weighted by molar-refractivity contribution is 7.88. The van der Waals surface area contributed by atoms with Gasteiger partial charge < -0.3 is 24.5 Å². The highest BCUT2D eigenvalue weighted by atomic mass is 32.2. The van der Waals surface area contributed by atoms with Crippen molar-refractivity contribution in [2.45, 2.75) is 38.0 Å². The lowest BCUT2D eigenvalue weighted by molar-refractivity contribution is -0.00878. The van der Waals surface area contributed by atoms with Crippen LogP contribution in [0, 0.1) is 11.6 Å². The zero-order valence-corrected chi connectivity index (χ0v) is 22.1. The summed E-state index contributed by atoms with van der Waals surface area (Å²) in [6, 6.07) is 6.18. The number of H-pyrrole nitrogens is 1. The molecule has 3 aromatic rings. The van der Waals surface area contributed by atoms with E-state index in [0.717, 1.165) is 12.3 Å². The highest BCUT2D eigenvalue weighted by Crippen LogP contribution is 2.26. The molecule has 11 nitrogen and oxygen atoms in total. The number of carbonyl (C=O) groups excluding carboxylic acids is 1. The van der Waals surface area contributed by atoms with Crippen LogP contribution >= 0.6 is 0 Å². The largest absolute Gasteiger partial charge is 0.494 e. The van der Waals surface area contributed by atoms with Gasteiger partial charge in [-0.05, 0) is 42.7 Å². The number of sulfonamides is 1. The first-order valence-electron chi connectivity index (χ1n) is 12.1. The monoisotopic (exact) mass is 566 g/mol. The fourth-order valence-electron chi connectivity index (χ4n) is 4.23. The van der Waals surface area contributed by atoms with E-state index in [2.05, 4.69) is 20.0 Å². The molecule has 2 heterocycles. The number of hydrogen-bond donors (Lipinski definition) is 3. The molecule has 2 aromatic carbocycles. The number of fused-ring (bicyclic) bond motifs is 1. The molecule has 1 aliphatic heterocycles.